The number of methoxy groups -OCH3 is 1. The van der Waals surface area contributed by atoms with Crippen LogP contribution >= 0.6 is 0 Å². The first kappa shape index (κ1) is 18.4. The Balaban J connectivity index is 2.05. The van der Waals surface area contributed by atoms with Gasteiger partial charge < -0.3 is 4.74 Å². The molecule has 0 saturated heterocycles. The van der Waals surface area contributed by atoms with E-state index in [1.807, 2.05) is 37.3 Å². The Kier molecular flexibility index (Phi) is 5.25. The summed E-state index contributed by atoms with van der Waals surface area (Å²) in [5.74, 6) is -0.499. The van der Waals surface area contributed by atoms with Gasteiger partial charge in [0.15, 0.2) is 0 Å². The number of sulfonamides is 1. The lowest BCUT2D eigenvalue weighted by Crippen LogP contribution is -2.40. The number of hydrogen-bond donors (Lipinski definition) is 0. The van der Waals surface area contributed by atoms with Crippen molar-refractivity contribution in [1.29, 1.82) is 0 Å². The molecule has 0 fully saturated rings. The van der Waals surface area contributed by atoms with Crippen molar-refractivity contribution >= 4 is 16.0 Å². The Hall–Kier alpha value is -2.44. The van der Waals surface area contributed by atoms with E-state index in [1.165, 1.54) is 11.4 Å². The van der Waals surface area contributed by atoms with E-state index in [0.29, 0.717) is 12.0 Å². The molecule has 136 valence electrons. The molecule has 5 nitrogen and oxygen atoms in total. The molecular formula is C20H21NO4S. The standard InChI is InChI=1S/C20H21NO4S/c1-15-8-11-18(12-9-15)26(23,24)21-14-17(20(22)25-2)10-13-19(21)16-6-4-3-5-7-16/h3-12,19H,13-14H2,1-2H3/t19-/m1/s1. The summed E-state index contributed by atoms with van der Waals surface area (Å²) >= 11 is 0. The van der Waals surface area contributed by atoms with E-state index in [-0.39, 0.29) is 17.5 Å². The lowest BCUT2D eigenvalue weighted by Gasteiger charge is -2.34. The minimum Gasteiger partial charge on any atom is -0.466 e. The fraction of sp³-hybridized carbons (Fsp3) is 0.250. The zero-order valence-electron chi connectivity index (χ0n) is 14.8. The molecule has 26 heavy (non-hydrogen) atoms. The Morgan fingerprint density at radius 2 is 1.73 bits per heavy atom. The van der Waals surface area contributed by atoms with Crippen LogP contribution in [0.25, 0.3) is 0 Å². The largest absolute Gasteiger partial charge is 0.466 e. The number of rotatable bonds is 4. The van der Waals surface area contributed by atoms with Gasteiger partial charge in [0.2, 0.25) is 10.0 Å². The highest BCUT2D eigenvalue weighted by Gasteiger charge is 2.36. The number of benzene rings is 2. The van der Waals surface area contributed by atoms with Crippen LogP contribution in [0, 0.1) is 6.92 Å². The highest BCUT2D eigenvalue weighted by Crippen LogP contribution is 2.35. The van der Waals surface area contributed by atoms with Crippen LogP contribution in [-0.2, 0) is 19.6 Å². The van der Waals surface area contributed by atoms with Crippen LogP contribution in [0.2, 0.25) is 0 Å². The maximum Gasteiger partial charge on any atom is 0.334 e. The van der Waals surface area contributed by atoms with Gasteiger partial charge in [-0.3, -0.25) is 0 Å². The van der Waals surface area contributed by atoms with Gasteiger partial charge in [0, 0.05) is 12.1 Å². The van der Waals surface area contributed by atoms with Crippen molar-refractivity contribution in [1.82, 2.24) is 4.31 Å². The first-order valence-electron chi connectivity index (χ1n) is 8.34. The zero-order valence-corrected chi connectivity index (χ0v) is 15.6. The Labute approximate surface area is 154 Å². The van der Waals surface area contributed by atoms with Gasteiger partial charge in [-0.05, 0) is 31.0 Å². The van der Waals surface area contributed by atoms with Crippen LogP contribution in [0.4, 0.5) is 0 Å². The molecule has 0 saturated carbocycles. The van der Waals surface area contributed by atoms with E-state index >= 15 is 0 Å². The minimum atomic E-state index is -3.77. The summed E-state index contributed by atoms with van der Waals surface area (Å²) < 4.78 is 32.7. The molecule has 3 rings (SSSR count). The summed E-state index contributed by atoms with van der Waals surface area (Å²) in [6.45, 7) is 1.89. The third-order valence-electron chi connectivity index (χ3n) is 4.52. The number of ether oxygens (including phenoxy) is 1. The van der Waals surface area contributed by atoms with Gasteiger partial charge in [-0.25, -0.2) is 13.2 Å². The molecule has 1 atom stereocenters. The van der Waals surface area contributed by atoms with Gasteiger partial charge in [0.1, 0.15) is 0 Å². The van der Waals surface area contributed by atoms with Crippen LogP contribution < -0.4 is 0 Å². The first-order chi connectivity index (χ1) is 12.4. The van der Waals surface area contributed by atoms with Crippen molar-refractivity contribution < 1.29 is 17.9 Å². The van der Waals surface area contributed by atoms with Crippen LogP contribution in [-0.4, -0.2) is 32.3 Å². The second-order valence-electron chi connectivity index (χ2n) is 6.25. The topological polar surface area (TPSA) is 63.7 Å². The van der Waals surface area contributed by atoms with Crippen molar-refractivity contribution in [3.8, 4) is 0 Å². The van der Waals surface area contributed by atoms with E-state index in [0.717, 1.165) is 11.1 Å². The zero-order chi connectivity index (χ0) is 18.7. The van der Waals surface area contributed by atoms with E-state index < -0.39 is 16.0 Å². The molecule has 1 aliphatic rings. The Bertz CT molecular complexity index is 918. The van der Waals surface area contributed by atoms with E-state index in [4.69, 9.17) is 4.74 Å². The van der Waals surface area contributed by atoms with Crippen LogP contribution in [0.3, 0.4) is 0 Å². The fourth-order valence-electron chi connectivity index (χ4n) is 3.07. The third-order valence-corrected chi connectivity index (χ3v) is 6.39. The molecule has 0 radical (unpaired) electrons. The SMILES string of the molecule is COC(=O)C1=CC[C@H](c2ccccc2)N(S(=O)(=O)c2ccc(C)cc2)C1. The Morgan fingerprint density at radius 1 is 1.08 bits per heavy atom. The highest BCUT2D eigenvalue weighted by atomic mass is 32.2. The smallest absolute Gasteiger partial charge is 0.334 e. The summed E-state index contributed by atoms with van der Waals surface area (Å²) in [7, 11) is -2.47. The highest BCUT2D eigenvalue weighted by molar-refractivity contribution is 7.89. The van der Waals surface area contributed by atoms with E-state index in [2.05, 4.69) is 0 Å². The molecule has 1 heterocycles. The predicted octanol–water partition coefficient (Wildman–Crippen LogP) is 3.23. The van der Waals surface area contributed by atoms with Crippen molar-refractivity contribution in [3.63, 3.8) is 0 Å². The number of carbonyl (C=O) groups excluding carboxylic acids is 1. The number of carbonyl (C=O) groups is 1. The van der Waals surface area contributed by atoms with Gasteiger partial charge in [0.05, 0.1) is 18.0 Å². The molecule has 1 aliphatic heterocycles. The van der Waals surface area contributed by atoms with Gasteiger partial charge in [0.25, 0.3) is 0 Å². The molecule has 0 amide bonds. The number of hydrogen-bond acceptors (Lipinski definition) is 4. The molecule has 6 heteroatoms. The average Bonchev–Trinajstić information content (AvgIpc) is 2.68. The van der Waals surface area contributed by atoms with Crippen LogP contribution in [0.5, 0.6) is 0 Å². The van der Waals surface area contributed by atoms with Gasteiger partial charge in [-0.1, -0.05) is 54.1 Å². The van der Waals surface area contributed by atoms with Crippen LogP contribution in [0.1, 0.15) is 23.6 Å². The number of nitrogens with zero attached hydrogens (tertiary/aromatic N) is 1. The summed E-state index contributed by atoms with van der Waals surface area (Å²) in [6, 6.07) is 15.8. The van der Waals surface area contributed by atoms with E-state index in [1.54, 1.807) is 30.3 Å². The van der Waals surface area contributed by atoms with Crippen molar-refractivity contribution in [2.75, 3.05) is 13.7 Å². The lowest BCUT2D eigenvalue weighted by atomic mass is 9.98. The quantitative estimate of drug-likeness (QED) is 0.774. The fourth-order valence-corrected chi connectivity index (χ4v) is 4.67. The molecule has 0 unspecified atom stereocenters. The van der Waals surface area contributed by atoms with Crippen molar-refractivity contribution in [2.24, 2.45) is 0 Å². The average molecular weight is 371 g/mol. The summed E-state index contributed by atoms with van der Waals surface area (Å²) in [5.41, 5.74) is 2.23. The Morgan fingerprint density at radius 3 is 2.35 bits per heavy atom. The molecule has 0 bridgehead atoms. The van der Waals surface area contributed by atoms with Gasteiger partial charge in [-0.2, -0.15) is 4.31 Å². The lowest BCUT2D eigenvalue weighted by molar-refractivity contribution is -0.136. The van der Waals surface area contributed by atoms with Crippen molar-refractivity contribution in [3.05, 3.63) is 77.4 Å². The third kappa shape index (κ3) is 3.57. The molecule has 2 aromatic carbocycles. The number of aryl methyl sites for hydroxylation is 1. The van der Waals surface area contributed by atoms with Crippen molar-refractivity contribution in [2.45, 2.75) is 24.3 Å². The number of esters is 1. The monoisotopic (exact) mass is 371 g/mol. The molecule has 0 aromatic heterocycles. The van der Waals surface area contributed by atoms with Gasteiger partial charge in [-0.15, -0.1) is 0 Å². The molecule has 0 aliphatic carbocycles. The predicted molar refractivity (Wildman–Crippen MR) is 99.0 cm³/mol. The maximum absolute atomic E-state index is 13.3. The summed E-state index contributed by atoms with van der Waals surface area (Å²) in [4.78, 5) is 12.2. The molecule has 0 spiro atoms. The normalized spacial score (nSPS) is 18.2. The minimum absolute atomic E-state index is 0.0115. The molecule has 0 N–H and O–H groups in total. The van der Waals surface area contributed by atoms with Gasteiger partial charge >= 0.3 is 5.97 Å². The molecule has 2 aromatic rings. The maximum atomic E-state index is 13.3. The van der Waals surface area contributed by atoms with E-state index in [9.17, 15) is 13.2 Å². The summed E-state index contributed by atoms with van der Waals surface area (Å²) in [5, 5.41) is 0. The first-order valence-corrected chi connectivity index (χ1v) is 9.78. The summed E-state index contributed by atoms with van der Waals surface area (Å²) in [6.07, 6.45) is 2.18. The second-order valence-corrected chi connectivity index (χ2v) is 8.14. The van der Waals surface area contributed by atoms with Crippen LogP contribution in [0.15, 0.2) is 71.1 Å². The second kappa shape index (κ2) is 7.43. The molecular weight excluding hydrogens is 350 g/mol.